The molecule has 0 radical (unpaired) electrons. The third kappa shape index (κ3) is 4.21. The Morgan fingerprint density at radius 1 is 0.909 bits per heavy atom. The number of ether oxygens (including phenoxy) is 4. The van der Waals surface area contributed by atoms with Crippen molar-refractivity contribution in [3.05, 3.63) is 46.6 Å². The van der Waals surface area contributed by atoms with Crippen molar-refractivity contribution in [1.82, 2.24) is 0 Å². The molecule has 0 aliphatic carbocycles. The molecule has 1 fully saturated rings. The Bertz CT molecular complexity index is 1220. The number of phenolic OH excluding ortho intramolecular Hbond substituents is 1. The fourth-order valence-electron chi connectivity index (χ4n) is 3.69. The van der Waals surface area contributed by atoms with E-state index in [1.165, 1.54) is 39.3 Å². The zero-order chi connectivity index (χ0) is 23.9. The molecule has 1 saturated heterocycles. The number of aliphatic hydroxyl groups is 3. The molecule has 0 amide bonds. The van der Waals surface area contributed by atoms with Crippen LogP contribution in [0.5, 0.6) is 23.0 Å². The summed E-state index contributed by atoms with van der Waals surface area (Å²) in [5.41, 5.74) is 0.0850. The average Bonchev–Trinajstić information content (AvgIpc) is 2.80. The summed E-state index contributed by atoms with van der Waals surface area (Å²) in [5, 5.41) is 40.4. The molecule has 1 aliphatic rings. The third-order valence-electron chi connectivity index (χ3n) is 5.51. The average molecular weight is 460 g/mol. The maximum atomic E-state index is 12.7. The summed E-state index contributed by atoms with van der Waals surface area (Å²) < 4.78 is 27.4. The lowest BCUT2D eigenvalue weighted by Gasteiger charge is -2.38. The van der Waals surface area contributed by atoms with E-state index in [2.05, 4.69) is 0 Å². The Kier molecular flexibility index (Phi) is 6.17. The SMILES string of the molecule is COc1ccc(-c2cc(=O)c3c(O)cc(O[C@H]4O[C@H](C)[C@H](O)[C@H](O)[C@H]4O)cc3o2)cc1OC. The van der Waals surface area contributed by atoms with Crippen LogP contribution < -0.4 is 19.6 Å². The van der Waals surface area contributed by atoms with E-state index in [0.717, 1.165) is 0 Å². The van der Waals surface area contributed by atoms with E-state index in [4.69, 9.17) is 23.4 Å². The lowest BCUT2D eigenvalue weighted by molar-refractivity contribution is -0.268. The predicted octanol–water partition coefficient (Wildman–Crippen LogP) is 1.39. The van der Waals surface area contributed by atoms with Gasteiger partial charge in [-0.25, -0.2) is 0 Å². The maximum Gasteiger partial charge on any atom is 0.229 e. The van der Waals surface area contributed by atoms with Crippen molar-refractivity contribution in [1.29, 1.82) is 0 Å². The van der Waals surface area contributed by atoms with Crippen molar-refractivity contribution in [3.8, 4) is 34.3 Å². The van der Waals surface area contributed by atoms with Gasteiger partial charge in [-0.15, -0.1) is 0 Å². The molecule has 1 aromatic heterocycles. The zero-order valence-corrected chi connectivity index (χ0v) is 18.1. The van der Waals surface area contributed by atoms with Crippen LogP contribution in [0.4, 0.5) is 0 Å². The Morgan fingerprint density at radius 2 is 1.64 bits per heavy atom. The summed E-state index contributed by atoms with van der Waals surface area (Å²) in [5.74, 6) is 0.786. The third-order valence-corrected chi connectivity index (χ3v) is 5.51. The molecule has 2 heterocycles. The first kappa shape index (κ1) is 22.9. The highest BCUT2D eigenvalue weighted by Crippen LogP contribution is 2.35. The molecule has 3 aromatic rings. The van der Waals surface area contributed by atoms with E-state index in [1.54, 1.807) is 18.2 Å². The van der Waals surface area contributed by atoms with Crippen LogP contribution in [0.25, 0.3) is 22.3 Å². The number of benzene rings is 2. The molecular formula is C23H24O10. The van der Waals surface area contributed by atoms with Gasteiger partial charge in [0.05, 0.1) is 20.3 Å². The lowest BCUT2D eigenvalue weighted by Crippen LogP contribution is -2.58. The number of hydrogen-bond acceptors (Lipinski definition) is 10. The molecule has 5 atom stereocenters. The molecule has 10 heteroatoms. The minimum Gasteiger partial charge on any atom is -0.507 e. The summed E-state index contributed by atoms with van der Waals surface area (Å²) in [4.78, 5) is 12.7. The number of hydrogen-bond donors (Lipinski definition) is 4. The largest absolute Gasteiger partial charge is 0.507 e. The van der Waals surface area contributed by atoms with Gasteiger partial charge >= 0.3 is 0 Å². The second-order valence-electron chi connectivity index (χ2n) is 7.66. The van der Waals surface area contributed by atoms with Gasteiger partial charge < -0.3 is 43.8 Å². The molecule has 33 heavy (non-hydrogen) atoms. The molecule has 0 bridgehead atoms. The number of fused-ring (bicyclic) bond motifs is 1. The molecule has 4 N–H and O–H groups in total. The van der Waals surface area contributed by atoms with Crippen LogP contribution in [0.15, 0.2) is 45.6 Å². The fourth-order valence-corrected chi connectivity index (χ4v) is 3.69. The van der Waals surface area contributed by atoms with Gasteiger partial charge in [0.1, 0.15) is 46.5 Å². The van der Waals surface area contributed by atoms with Crippen molar-refractivity contribution in [3.63, 3.8) is 0 Å². The highest BCUT2D eigenvalue weighted by molar-refractivity contribution is 5.86. The van der Waals surface area contributed by atoms with Crippen molar-refractivity contribution >= 4 is 11.0 Å². The van der Waals surface area contributed by atoms with Gasteiger partial charge in [0.25, 0.3) is 0 Å². The standard InChI is InChI=1S/C23H24O10/c1-10-20(26)21(27)22(28)23(31-10)32-12-7-13(24)19-14(25)9-16(33-18(19)8-12)11-4-5-15(29-2)17(6-11)30-3/h4-10,20-24,26-28H,1-3H3/t10-,20+,21+,22-,23-/m1/s1. The molecule has 176 valence electrons. The molecule has 2 aromatic carbocycles. The summed E-state index contributed by atoms with van der Waals surface area (Å²) in [7, 11) is 2.99. The quantitative estimate of drug-likeness (QED) is 0.440. The molecule has 0 spiro atoms. The normalized spacial score (nSPS) is 25.1. The van der Waals surface area contributed by atoms with Gasteiger partial charge in [0, 0.05) is 23.8 Å². The Hall–Kier alpha value is -3.31. The summed E-state index contributed by atoms with van der Waals surface area (Å²) in [6.07, 6.45) is -6.44. The molecular weight excluding hydrogens is 436 g/mol. The maximum absolute atomic E-state index is 12.7. The van der Waals surface area contributed by atoms with Crippen molar-refractivity contribution in [2.45, 2.75) is 37.6 Å². The topological polar surface area (TPSA) is 148 Å². The van der Waals surface area contributed by atoms with Gasteiger partial charge in [-0.3, -0.25) is 4.79 Å². The number of aliphatic hydroxyl groups excluding tert-OH is 3. The van der Waals surface area contributed by atoms with Crippen LogP contribution in [0, 0.1) is 0 Å². The van der Waals surface area contributed by atoms with Crippen molar-refractivity contribution < 1.29 is 43.8 Å². The van der Waals surface area contributed by atoms with Crippen LogP contribution >= 0.6 is 0 Å². The van der Waals surface area contributed by atoms with E-state index in [-0.39, 0.29) is 22.5 Å². The van der Waals surface area contributed by atoms with Crippen LogP contribution in [0.1, 0.15) is 6.92 Å². The lowest BCUT2D eigenvalue weighted by atomic mass is 10.00. The smallest absolute Gasteiger partial charge is 0.229 e. The van der Waals surface area contributed by atoms with Gasteiger partial charge in [0.2, 0.25) is 6.29 Å². The second kappa shape index (κ2) is 8.91. The van der Waals surface area contributed by atoms with Gasteiger partial charge in [-0.2, -0.15) is 0 Å². The van der Waals surface area contributed by atoms with E-state index < -0.39 is 41.9 Å². The molecule has 10 nitrogen and oxygen atoms in total. The van der Waals surface area contributed by atoms with E-state index >= 15 is 0 Å². The summed E-state index contributed by atoms with van der Waals surface area (Å²) >= 11 is 0. The van der Waals surface area contributed by atoms with Crippen LogP contribution in [0.3, 0.4) is 0 Å². The number of phenols is 1. The number of methoxy groups -OCH3 is 2. The molecule has 0 unspecified atom stereocenters. The van der Waals surface area contributed by atoms with Gasteiger partial charge in [0.15, 0.2) is 16.9 Å². The summed E-state index contributed by atoms with van der Waals surface area (Å²) in [6.45, 7) is 1.52. The van der Waals surface area contributed by atoms with E-state index in [9.17, 15) is 25.2 Å². The number of rotatable bonds is 5. The molecule has 4 rings (SSSR count). The summed E-state index contributed by atoms with van der Waals surface area (Å²) in [6, 6.07) is 8.77. The first-order valence-electron chi connectivity index (χ1n) is 10.1. The Labute approximate surface area is 188 Å². The first-order valence-corrected chi connectivity index (χ1v) is 10.1. The second-order valence-corrected chi connectivity index (χ2v) is 7.66. The predicted molar refractivity (Wildman–Crippen MR) is 116 cm³/mol. The zero-order valence-electron chi connectivity index (χ0n) is 18.1. The monoisotopic (exact) mass is 460 g/mol. The van der Waals surface area contributed by atoms with Crippen LogP contribution in [-0.4, -0.2) is 65.4 Å². The highest BCUT2D eigenvalue weighted by Gasteiger charge is 2.43. The molecule has 0 saturated carbocycles. The van der Waals surface area contributed by atoms with Crippen LogP contribution in [0.2, 0.25) is 0 Å². The number of aromatic hydroxyl groups is 1. The van der Waals surface area contributed by atoms with Crippen molar-refractivity contribution in [2.75, 3.05) is 14.2 Å². The van der Waals surface area contributed by atoms with E-state index in [0.29, 0.717) is 17.1 Å². The van der Waals surface area contributed by atoms with Crippen LogP contribution in [-0.2, 0) is 4.74 Å². The van der Waals surface area contributed by atoms with Crippen molar-refractivity contribution in [2.24, 2.45) is 0 Å². The van der Waals surface area contributed by atoms with E-state index in [1.807, 2.05) is 0 Å². The highest BCUT2D eigenvalue weighted by atomic mass is 16.7. The minimum absolute atomic E-state index is 0.0208. The van der Waals surface area contributed by atoms with Gasteiger partial charge in [-0.1, -0.05) is 0 Å². The van der Waals surface area contributed by atoms with Gasteiger partial charge in [-0.05, 0) is 25.1 Å². The minimum atomic E-state index is -1.54. The molecule has 1 aliphatic heterocycles. The first-order chi connectivity index (χ1) is 15.7. The fraction of sp³-hybridized carbons (Fsp3) is 0.348. The Balaban J connectivity index is 1.73. The Morgan fingerprint density at radius 3 is 2.33 bits per heavy atom.